The summed E-state index contributed by atoms with van der Waals surface area (Å²) in [6.07, 6.45) is 3.76. The number of carbonyl (C=O) groups is 2. The molecule has 0 aliphatic carbocycles. The molecule has 0 radical (unpaired) electrons. The van der Waals surface area contributed by atoms with E-state index in [9.17, 15) is 9.59 Å². The summed E-state index contributed by atoms with van der Waals surface area (Å²) in [5.41, 5.74) is 0.986. The van der Waals surface area contributed by atoms with E-state index in [2.05, 4.69) is 15.3 Å². The molecule has 0 aliphatic rings. The van der Waals surface area contributed by atoms with Gasteiger partial charge in [-0.15, -0.1) is 0 Å². The first-order valence-corrected chi connectivity index (χ1v) is 8.65. The molecule has 2 rings (SSSR count). The fraction of sp³-hybridized carbons (Fsp3) is 0.368. The number of methoxy groups -OCH3 is 2. The molecule has 9 nitrogen and oxygen atoms in total. The van der Waals surface area contributed by atoms with Crippen molar-refractivity contribution < 1.29 is 23.8 Å². The molecule has 0 saturated carbocycles. The van der Waals surface area contributed by atoms with Crippen molar-refractivity contribution in [3.63, 3.8) is 0 Å². The van der Waals surface area contributed by atoms with Gasteiger partial charge in [0, 0.05) is 26.0 Å². The van der Waals surface area contributed by atoms with E-state index in [0.29, 0.717) is 30.4 Å². The van der Waals surface area contributed by atoms with E-state index < -0.39 is 5.97 Å². The predicted octanol–water partition coefficient (Wildman–Crippen LogP) is 0.832. The average Bonchev–Trinajstić information content (AvgIpc) is 2.72. The summed E-state index contributed by atoms with van der Waals surface area (Å²) < 4.78 is 15.4. The second kappa shape index (κ2) is 10.7. The molecule has 1 N–H and O–H groups in total. The highest BCUT2D eigenvalue weighted by Crippen LogP contribution is 2.27. The molecule has 2 aromatic rings. The van der Waals surface area contributed by atoms with Gasteiger partial charge in [-0.3, -0.25) is 9.59 Å². The van der Waals surface area contributed by atoms with Crippen LogP contribution < -0.4 is 19.7 Å². The SMILES string of the molecule is COc1ccc(CCNC(=O)COC(=O)CN(C)c2ncccn2)cc1OC. The number of likely N-dealkylation sites (N-methyl/N-ethyl adjacent to an activating group) is 1. The lowest BCUT2D eigenvalue weighted by atomic mass is 10.1. The summed E-state index contributed by atoms with van der Waals surface area (Å²) in [7, 11) is 4.81. The third-order valence-corrected chi connectivity index (χ3v) is 3.81. The quantitative estimate of drug-likeness (QED) is 0.597. The van der Waals surface area contributed by atoms with E-state index in [-0.39, 0.29) is 19.1 Å². The number of benzene rings is 1. The fourth-order valence-electron chi connectivity index (χ4n) is 2.38. The van der Waals surface area contributed by atoms with Crippen LogP contribution in [0.5, 0.6) is 11.5 Å². The number of carbonyl (C=O) groups excluding carboxylic acids is 2. The minimum absolute atomic E-state index is 0.0526. The Morgan fingerprint density at radius 2 is 1.82 bits per heavy atom. The summed E-state index contributed by atoms with van der Waals surface area (Å²) in [6, 6.07) is 7.24. The van der Waals surface area contributed by atoms with Crippen molar-refractivity contribution in [3.05, 3.63) is 42.2 Å². The third kappa shape index (κ3) is 6.42. The summed E-state index contributed by atoms with van der Waals surface area (Å²) in [5.74, 6) is 0.774. The van der Waals surface area contributed by atoms with Gasteiger partial charge in [-0.05, 0) is 30.2 Å². The zero-order chi connectivity index (χ0) is 20.4. The molecule has 0 aliphatic heterocycles. The third-order valence-electron chi connectivity index (χ3n) is 3.81. The van der Waals surface area contributed by atoms with Crippen LogP contribution in [0, 0.1) is 0 Å². The first kappa shape index (κ1) is 20.9. The van der Waals surface area contributed by atoms with Crippen molar-refractivity contribution in [2.24, 2.45) is 0 Å². The van der Waals surface area contributed by atoms with E-state index in [4.69, 9.17) is 14.2 Å². The number of anilines is 1. The molecule has 0 saturated heterocycles. The molecule has 0 spiro atoms. The molecular formula is C19H24N4O5. The fourth-order valence-corrected chi connectivity index (χ4v) is 2.38. The Kier molecular flexibility index (Phi) is 8.01. The molecule has 1 aromatic carbocycles. The zero-order valence-electron chi connectivity index (χ0n) is 16.2. The van der Waals surface area contributed by atoms with Crippen LogP contribution in [0.25, 0.3) is 0 Å². The molecule has 0 bridgehead atoms. The first-order chi connectivity index (χ1) is 13.5. The minimum Gasteiger partial charge on any atom is -0.493 e. The number of hydrogen-bond donors (Lipinski definition) is 1. The second-order valence-corrected chi connectivity index (χ2v) is 5.85. The first-order valence-electron chi connectivity index (χ1n) is 8.65. The number of esters is 1. The molecule has 0 fully saturated rings. The van der Waals surface area contributed by atoms with Crippen molar-refractivity contribution in [1.82, 2.24) is 15.3 Å². The standard InChI is InChI=1S/C19H24N4O5/c1-23(19-21-8-4-9-22-19)12-18(25)28-13-17(24)20-10-7-14-5-6-15(26-2)16(11-14)27-3/h4-6,8-9,11H,7,10,12-13H2,1-3H3,(H,20,24). The predicted molar refractivity (Wildman–Crippen MR) is 103 cm³/mol. The normalized spacial score (nSPS) is 10.1. The highest BCUT2D eigenvalue weighted by atomic mass is 16.5. The van der Waals surface area contributed by atoms with Gasteiger partial charge in [0.05, 0.1) is 14.2 Å². The molecule has 9 heteroatoms. The zero-order valence-corrected chi connectivity index (χ0v) is 16.2. The van der Waals surface area contributed by atoms with Gasteiger partial charge >= 0.3 is 5.97 Å². The van der Waals surface area contributed by atoms with E-state index in [1.165, 1.54) is 4.90 Å². The van der Waals surface area contributed by atoms with E-state index in [0.717, 1.165) is 5.56 Å². The van der Waals surface area contributed by atoms with Crippen molar-refractivity contribution in [3.8, 4) is 11.5 Å². The van der Waals surface area contributed by atoms with Crippen molar-refractivity contribution in [2.45, 2.75) is 6.42 Å². The Morgan fingerprint density at radius 3 is 2.50 bits per heavy atom. The van der Waals surface area contributed by atoms with Crippen LogP contribution in [0.4, 0.5) is 5.95 Å². The number of amides is 1. The van der Waals surface area contributed by atoms with Gasteiger partial charge in [0.15, 0.2) is 18.1 Å². The minimum atomic E-state index is -0.537. The van der Waals surface area contributed by atoms with Crippen LogP contribution in [0.15, 0.2) is 36.7 Å². The van der Waals surface area contributed by atoms with Crippen molar-refractivity contribution in [2.75, 3.05) is 45.9 Å². The van der Waals surface area contributed by atoms with Gasteiger partial charge in [0.1, 0.15) is 6.54 Å². The van der Waals surface area contributed by atoms with Crippen molar-refractivity contribution in [1.29, 1.82) is 0 Å². The highest BCUT2D eigenvalue weighted by molar-refractivity contribution is 5.81. The maximum absolute atomic E-state index is 11.8. The Balaban J connectivity index is 1.69. The monoisotopic (exact) mass is 388 g/mol. The molecule has 28 heavy (non-hydrogen) atoms. The van der Waals surface area contributed by atoms with E-state index >= 15 is 0 Å². The Labute approximate surface area is 163 Å². The van der Waals surface area contributed by atoms with Gasteiger partial charge in [0.2, 0.25) is 5.95 Å². The molecule has 0 unspecified atom stereocenters. The number of nitrogens with one attached hydrogen (secondary N) is 1. The van der Waals surface area contributed by atoms with Gasteiger partial charge in [-0.2, -0.15) is 0 Å². The topological polar surface area (TPSA) is 103 Å². The van der Waals surface area contributed by atoms with E-state index in [1.54, 1.807) is 39.7 Å². The van der Waals surface area contributed by atoms with Crippen LogP contribution in [0.2, 0.25) is 0 Å². The smallest absolute Gasteiger partial charge is 0.326 e. The lowest BCUT2D eigenvalue weighted by molar-refractivity contribution is -0.147. The van der Waals surface area contributed by atoms with Gasteiger partial charge in [0.25, 0.3) is 5.91 Å². The highest BCUT2D eigenvalue weighted by Gasteiger charge is 2.12. The molecule has 0 atom stereocenters. The molecule has 1 amide bonds. The Hall–Kier alpha value is -3.36. The molecule has 1 aromatic heterocycles. The maximum atomic E-state index is 11.8. The summed E-state index contributed by atoms with van der Waals surface area (Å²) in [4.78, 5) is 33.3. The number of aromatic nitrogens is 2. The summed E-state index contributed by atoms with van der Waals surface area (Å²) in [6.45, 7) is 0.0147. The van der Waals surface area contributed by atoms with Crippen molar-refractivity contribution >= 4 is 17.8 Å². The van der Waals surface area contributed by atoms with Crippen LogP contribution in [-0.4, -0.2) is 62.8 Å². The Bertz CT molecular complexity index is 785. The lowest BCUT2D eigenvalue weighted by Crippen LogP contribution is -2.33. The van der Waals surface area contributed by atoms with Crippen LogP contribution >= 0.6 is 0 Å². The molecule has 150 valence electrons. The lowest BCUT2D eigenvalue weighted by Gasteiger charge is -2.15. The van der Waals surface area contributed by atoms with Gasteiger partial charge in [-0.25, -0.2) is 9.97 Å². The van der Waals surface area contributed by atoms with Crippen LogP contribution in [0.1, 0.15) is 5.56 Å². The van der Waals surface area contributed by atoms with E-state index in [1.807, 2.05) is 18.2 Å². The summed E-state index contributed by atoms with van der Waals surface area (Å²) in [5, 5.41) is 2.71. The summed E-state index contributed by atoms with van der Waals surface area (Å²) >= 11 is 0. The second-order valence-electron chi connectivity index (χ2n) is 5.85. The van der Waals surface area contributed by atoms with Gasteiger partial charge in [-0.1, -0.05) is 6.07 Å². The molecule has 1 heterocycles. The molecular weight excluding hydrogens is 364 g/mol. The maximum Gasteiger partial charge on any atom is 0.326 e. The number of ether oxygens (including phenoxy) is 3. The number of nitrogens with zero attached hydrogens (tertiary/aromatic N) is 3. The average molecular weight is 388 g/mol. The van der Waals surface area contributed by atoms with Crippen LogP contribution in [-0.2, 0) is 20.7 Å². The number of hydrogen-bond acceptors (Lipinski definition) is 8. The number of rotatable bonds is 10. The Morgan fingerprint density at radius 1 is 1.11 bits per heavy atom. The largest absolute Gasteiger partial charge is 0.493 e. The van der Waals surface area contributed by atoms with Crippen LogP contribution in [0.3, 0.4) is 0 Å². The van der Waals surface area contributed by atoms with Gasteiger partial charge < -0.3 is 24.4 Å².